The third kappa shape index (κ3) is 3.28. The van der Waals surface area contributed by atoms with Crippen LogP contribution in [-0.2, 0) is 0 Å². The first-order chi connectivity index (χ1) is 10.7. The molecule has 0 amide bonds. The van der Waals surface area contributed by atoms with Crippen LogP contribution in [-0.4, -0.2) is 36.1 Å². The molecule has 1 unspecified atom stereocenters. The van der Waals surface area contributed by atoms with Crippen LogP contribution < -0.4 is 5.32 Å². The molecule has 0 aliphatic carbocycles. The van der Waals surface area contributed by atoms with Crippen molar-refractivity contribution >= 4 is 23.2 Å². The van der Waals surface area contributed by atoms with E-state index < -0.39 is 0 Å². The summed E-state index contributed by atoms with van der Waals surface area (Å²) in [6, 6.07) is 8.00. The fourth-order valence-corrected chi connectivity index (χ4v) is 3.53. The highest BCUT2D eigenvalue weighted by Gasteiger charge is 2.26. The minimum absolute atomic E-state index is 0.134. The highest BCUT2D eigenvalue weighted by molar-refractivity contribution is 6.35. The van der Waals surface area contributed by atoms with Crippen LogP contribution in [0.4, 0.5) is 0 Å². The highest BCUT2D eigenvalue weighted by Crippen LogP contribution is 2.35. The first-order valence-electron chi connectivity index (χ1n) is 7.47. The Labute approximate surface area is 141 Å². The number of rotatable bonds is 3. The maximum Gasteiger partial charge on any atom is 0.0621 e. The molecule has 1 fully saturated rings. The average molecular weight is 336 g/mol. The Morgan fingerprint density at radius 3 is 2.59 bits per heavy atom. The van der Waals surface area contributed by atoms with Crippen molar-refractivity contribution in [3.8, 4) is 0 Å². The third-order valence-electron chi connectivity index (χ3n) is 4.13. The van der Waals surface area contributed by atoms with Crippen molar-refractivity contribution in [2.24, 2.45) is 0 Å². The van der Waals surface area contributed by atoms with Gasteiger partial charge < -0.3 is 5.32 Å². The monoisotopic (exact) mass is 335 g/mol. The van der Waals surface area contributed by atoms with E-state index in [2.05, 4.69) is 28.2 Å². The molecule has 0 spiro atoms. The summed E-state index contributed by atoms with van der Waals surface area (Å²) in [5.74, 6) is 0. The largest absolute Gasteiger partial charge is 0.314 e. The van der Waals surface area contributed by atoms with Gasteiger partial charge in [-0.1, -0.05) is 29.3 Å². The number of nitrogens with one attached hydrogen (secondary N) is 1. The molecule has 1 atom stereocenters. The van der Waals surface area contributed by atoms with E-state index in [-0.39, 0.29) is 6.04 Å². The van der Waals surface area contributed by atoms with Gasteiger partial charge >= 0.3 is 0 Å². The summed E-state index contributed by atoms with van der Waals surface area (Å²) in [4.78, 5) is 6.68. The topological polar surface area (TPSA) is 28.2 Å². The number of pyridine rings is 1. The Kier molecular flexibility index (Phi) is 4.99. The van der Waals surface area contributed by atoms with Crippen molar-refractivity contribution in [2.75, 3.05) is 26.2 Å². The van der Waals surface area contributed by atoms with E-state index in [4.69, 9.17) is 23.2 Å². The zero-order chi connectivity index (χ0) is 15.5. The molecule has 1 aliphatic rings. The molecule has 1 aromatic heterocycles. The van der Waals surface area contributed by atoms with Gasteiger partial charge in [0.25, 0.3) is 0 Å². The maximum absolute atomic E-state index is 6.50. The fraction of sp³-hybridized carbons (Fsp3) is 0.353. The second-order valence-electron chi connectivity index (χ2n) is 5.59. The normalized spacial score (nSPS) is 17.4. The average Bonchev–Trinajstić information content (AvgIpc) is 2.52. The number of aromatic nitrogens is 1. The third-order valence-corrected chi connectivity index (χ3v) is 4.69. The number of benzene rings is 1. The molecule has 1 aliphatic heterocycles. The first-order valence-corrected chi connectivity index (χ1v) is 8.22. The van der Waals surface area contributed by atoms with E-state index in [0.29, 0.717) is 10.0 Å². The Hall–Kier alpha value is -1.13. The van der Waals surface area contributed by atoms with Crippen LogP contribution in [0.3, 0.4) is 0 Å². The maximum atomic E-state index is 6.50. The van der Waals surface area contributed by atoms with Crippen LogP contribution >= 0.6 is 23.2 Å². The predicted molar refractivity (Wildman–Crippen MR) is 91.7 cm³/mol. The van der Waals surface area contributed by atoms with Gasteiger partial charge in [0.15, 0.2) is 0 Å². The standard InChI is InChI=1S/C17H19Cl2N3/c1-12-11-21-5-4-14(12)17(22-8-6-20-7-9-22)15-3-2-13(18)10-16(15)19/h2-5,10-11,17,20H,6-9H2,1H3. The molecule has 3 rings (SSSR count). The number of hydrogen-bond donors (Lipinski definition) is 1. The molecule has 5 heteroatoms. The van der Waals surface area contributed by atoms with Crippen molar-refractivity contribution in [1.29, 1.82) is 0 Å². The Morgan fingerprint density at radius 1 is 1.14 bits per heavy atom. The summed E-state index contributed by atoms with van der Waals surface area (Å²) >= 11 is 12.6. The molecular formula is C17H19Cl2N3. The molecule has 116 valence electrons. The van der Waals surface area contributed by atoms with E-state index in [1.54, 1.807) is 0 Å². The smallest absolute Gasteiger partial charge is 0.0621 e. The van der Waals surface area contributed by atoms with Crippen LogP contribution in [0.5, 0.6) is 0 Å². The number of nitrogens with zero attached hydrogens (tertiary/aromatic N) is 2. The lowest BCUT2D eigenvalue weighted by Gasteiger charge is -2.36. The summed E-state index contributed by atoms with van der Waals surface area (Å²) in [7, 11) is 0. The van der Waals surface area contributed by atoms with Gasteiger partial charge in [-0.25, -0.2) is 0 Å². The molecule has 22 heavy (non-hydrogen) atoms. The van der Waals surface area contributed by atoms with Gasteiger partial charge in [-0.3, -0.25) is 9.88 Å². The summed E-state index contributed by atoms with van der Waals surface area (Å²) in [6.07, 6.45) is 3.76. The van der Waals surface area contributed by atoms with E-state index in [1.165, 1.54) is 11.1 Å². The SMILES string of the molecule is Cc1cnccc1C(c1ccc(Cl)cc1Cl)N1CCNCC1. The summed E-state index contributed by atoms with van der Waals surface area (Å²) in [5.41, 5.74) is 3.53. The second-order valence-corrected chi connectivity index (χ2v) is 6.43. The lowest BCUT2D eigenvalue weighted by Crippen LogP contribution is -2.45. The number of halogens is 2. The van der Waals surface area contributed by atoms with Crippen LogP contribution in [0.2, 0.25) is 10.0 Å². The minimum Gasteiger partial charge on any atom is -0.314 e. The van der Waals surface area contributed by atoms with E-state index in [0.717, 1.165) is 31.7 Å². The van der Waals surface area contributed by atoms with E-state index in [9.17, 15) is 0 Å². The number of hydrogen-bond acceptors (Lipinski definition) is 3. The van der Waals surface area contributed by atoms with Crippen LogP contribution in [0.1, 0.15) is 22.7 Å². The number of piperazine rings is 1. The quantitative estimate of drug-likeness (QED) is 0.927. The lowest BCUT2D eigenvalue weighted by atomic mass is 9.94. The minimum atomic E-state index is 0.134. The molecule has 2 aromatic rings. The molecule has 1 saturated heterocycles. The molecule has 1 aromatic carbocycles. The predicted octanol–water partition coefficient (Wildman–Crippen LogP) is 3.69. The Morgan fingerprint density at radius 2 is 1.91 bits per heavy atom. The molecule has 2 heterocycles. The van der Waals surface area contributed by atoms with Gasteiger partial charge in [0.2, 0.25) is 0 Å². The molecule has 0 radical (unpaired) electrons. The Bertz CT molecular complexity index is 654. The van der Waals surface area contributed by atoms with Crippen LogP contribution in [0.15, 0.2) is 36.7 Å². The van der Waals surface area contributed by atoms with E-state index in [1.807, 2.05) is 30.6 Å². The summed E-state index contributed by atoms with van der Waals surface area (Å²) in [5, 5.41) is 4.78. The molecule has 1 N–H and O–H groups in total. The highest BCUT2D eigenvalue weighted by atomic mass is 35.5. The van der Waals surface area contributed by atoms with Crippen molar-refractivity contribution in [2.45, 2.75) is 13.0 Å². The lowest BCUT2D eigenvalue weighted by molar-refractivity contribution is 0.198. The second kappa shape index (κ2) is 6.97. The van der Waals surface area contributed by atoms with Gasteiger partial charge in [0.1, 0.15) is 0 Å². The molecular weight excluding hydrogens is 317 g/mol. The zero-order valence-corrected chi connectivity index (χ0v) is 14.0. The molecule has 3 nitrogen and oxygen atoms in total. The Balaban J connectivity index is 2.08. The fourth-order valence-electron chi connectivity index (χ4n) is 3.02. The molecule has 0 bridgehead atoms. The number of aryl methyl sites for hydroxylation is 1. The first kappa shape index (κ1) is 15.8. The summed E-state index contributed by atoms with van der Waals surface area (Å²) < 4.78 is 0. The summed E-state index contributed by atoms with van der Waals surface area (Å²) in [6.45, 7) is 6.07. The van der Waals surface area contributed by atoms with Gasteiger partial charge in [-0.05, 0) is 41.8 Å². The molecule has 0 saturated carbocycles. The van der Waals surface area contributed by atoms with Gasteiger partial charge in [0, 0.05) is 48.6 Å². The van der Waals surface area contributed by atoms with E-state index >= 15 is 0 Å². The van der Waals surface area contributed by atoms with Gasteiger partial charge in [-0.2, -0.15) is 0 Å². The van der Waals surface area contributed by atoms with Crippen molar-refractivity contribution < 1.29 is 0 Å². The van der Waals surface area contributed by atoms with Crippen molar-refractivity contribution in [3.05, 3.63) is 63.4 Å². The van der Waals surface area contributed by atoms with Crippen molar-refractivity contribution in [1.82, 2.24) is 15.2 Å². The van der Waals surface area contributed by atoms with Gasteiger partial charge in [0.05, 0.1) is 6.04 Å². The van der Waals surface area contributed by atoms with Gasteiger partial charge in [-0.15, -0.1) is 0 Å². The van der Waals surface area contributed by atoms with Crippen LogP contribution in [0.25, 0.3) is 0 Å². The zero-order valence-electron chi connectivity index (χ0n) is 12.5. The van der Waals surface area contributed by atoms with Crippen LogP contribution in [0, 0.1) is 6.92 Å². The van der Waals surface area contributed by atoms with Crippen molar-refractivity contribution in [3.63, 3.8) is 0 Å².